The number of halogens is 2. The van der Waals surface area contributed by atoms with Gasteiger partial charge < -0.3 is 10.2 Å². The number of nitrogens with one attached hydrogen (secondary N) is 1. The number of amides is 2. The molecule has 0 aromatic heterocycles. The maximum absolute atomic E-state index is 13.5. The summed E-state index contributed by atoms with van der Waals surface area (Å²) >= 11 is 12.1. The zero-order chi connectivity index (χ0) is 24.9. The van der Waals surface area contributed by atoms with E-state index in [1.54, 1.807) is 56.3 Å². The van der Waals surface area contributed by atoms with Gasteiger partial charge in [0.05, 0.1) is 22.0 Å². The molecule has 1 atom stereocenters. The van der Waals surface area contributed by atoms with Gasteiger partial charge in [0, 0.05) is 12.6 Å². The highest BCUT2D eigenvalue weighted by Crippen LogP contribution is 2.25. The first-order valence-electron chi connectivity index (χ1n) is 10.4. The van der Waals surface area contributed by atoms with Crippen molar-refractivity contribution in [2.45, 2.75) is 46.3 Å². The SMILES string of the molecule is Cc1ccccc1N(CC(=O)N(Cc1ccc(Cl)c(Cl)c1)[C@H](C)C(=O)NC(C)C)S(C)(=O)=O. The molecule has 180 valence electrons. The second kappa shape index (κ2) is 11.2. The van der Waals surface area contributed by atoms with Crippen molar-refractivity contribution in [3.8, 4) is 0 Å². The number of para-hydroxylation sites is 1. The number of aryl methyl sites for hydroxylation is 1. The first kappa shape index (κ1) is 27.0. The molecule has 2 aromatic carbocycles. The van der Waals surface area contributed by atoms with Gasteiger partial charge in [0.1, 0.15) is 12.6 Å². The molecule has 0 spiro atoms. The molecule has 7 nitrogen and oxygen atoms in total. The number of sulfonamides is 1. The number of nitrogens with zero attached hydrogens (tertiary/aromatic N) is 2. The summed E-state index contributed by atoms with van der Waals surface area (Å²) in [7, 11) is -3.77. The van der Waals surface area contributed by atoms with Gasteiger partial charge in [0.15, 0.2) is 0 Å². The third kappa shape index (κ3) is 7.35. The fourth-order valence-corrected chi connectivity index (χ4v) is 4.49. The van der Waals surface area contributed by atoms with E-state index < -0.39 is 28.5 Å². The highest BCUT2D eigenvalue weighted by molar-refractivity contribution is 7.92. The Morgan fingerprint density at radius 3 is 2.21 bits per heavy atom. The second-order valence-electron chi connectivity index (χ2n) is 8.17. The van der Waals surface area contributed by atoms with Gasteiger partial charge in [-0.25, -0.2) is 8.42 Å². The number of hydrogen-bond acceptors (Lipinski definition) is 4. The highest BCUT2D eigenvalue weighted by atomic mass is 35.5. The second-order valence-corrected chi connectivity index (χ2v) is 10.9. The van der Waals surface area contributed by atoms with Crippen LogP contribution in [-0.2, 0) is 26.2 Å². The molecule has 0 unspecified atom stereocenters. The van der Waals surface area contributed by atoms with Gasteiger partial charge in [-0.15, -0.1) is 0 Å². The number of hydrogen-bond donors (Lipinski definition) is 1. The molecule has 1 N–H and O–H groups in total. The average Bonchev–Trinajstić information content (AvgIpc) is 2.71. The third-order valence-electron chi connectivity index (χ3n) is 5.00. The predicted molar refractivity (Wildman–Crippen MR) is 133 cm³/mol. The Balaban J connectivity index is 2.43. The molecule has 0 aliphatic heterocycles. The zero-order valence-corrected chi connectivity index (χ0v) is 21.6. The summed E-state index contributed by atoms with van der Waals surface area (Å²) in [6.45, 7) is 6.60. The summed E-state index contributed by atoms with van der Waals surface area (Å²) < 4.78 is 26.2. The van der Waals surface area contributed by atoms with Crippen LogP contribution in [0.4, 0.5) is 5.69 Å². The molecular weight excluding hydrogens is 485 g/mol. The maximum atomic E-state index is 13.5. The van der Waals surface area contributed by atoms with E-state index in [9.17, 15) is 18.0 Å². The summed E-state index contributed by atoms with van der Waals surface area (Å²) in [5.74, 6) is -0.874. The maximum Gasteiger partial charge on any atom is 0.244 e. The van der Waals surface area contributed by atoms with Gasteiger partial charge in [-0.05, 0) is 57.0 Å². The number of benzene rings is 2. The summed E-state index contributed by atoms with van der Waals surface area (Å²) in [4.78, 5) is 27.5. The van der Waals surface area contributed by atoms with Crippen LogP contribution >= 0.6 is 23.2 Å². The monoisotopic (exact) mass is 513 g/mol. The number of anilines is 1. The predicted octanol–water partition coefficient (Wildman–Crippen LogP) is 4.01. The van der Waals surface area contributed by atoms with Crippen LogP contribution in [0.2, 0.25) is 10.0 Å². The zero-order valence-electron chi connectivity index (χ0n) is 19.3. The molecule has 0 heterocycles. The van der Waals surface area contributed by atoms with E-state index >= 15 is 0 Å². The molecule has 0 bridgehead atoms. The van der Waals surface area contributed by atoms with Crippen LogP contribution in [0.1, 0.15) is 31.9 Å². The summed E-state index contributed by atoms with van der Waals surface area (Å²) in [6, 6.07) is 10.9. The van der Waals surface area contributed by atoms with Crippen molar-refractivity contribution in [1.82, 2.24) is 10.2 Å². The van der Waals surface area contributed by atoms with E-state index in [0.717, 1.165) is 10.6 Å². The van der Waals surface area contributed by atoms with Crippen molar-refractivity contribution in [3.63, 3.8) is 0 Å². The first-order chi connectivity index (χ1) is 15.3. The molecule has 2 aromatic rings. The summed E-state index contributed by atoms with van der Waals surface area (Å²) in [6.07, 6.45) is 1.05. The molecule has 0 fully saturated rings. The third-order valence-corrected chi connectivity index (χ3v) is 6.86. The molecule has 33 heavy (non-hydrogen) atoms. The van der Waals surface area contributed by atoms with Gasteiger partial charge >= 0.3 is 0 Å². The molecule has 0 saturated carbocycles. The Labute approximate surface area is 205 Å². The standard InChI is InChI=1S/C23H29Cl2N3O4S/c1-15(2)26-23(30)17(4)27(13-18-10-11-19(24)20(25)12-18)22(29)14-28(33(5,31)32)21-9-7-6-8-16(21)3/h6-12,15,17H,13-14H2,1-5H3,(H,26,30)/t17-/m1/s1. The normalized spacial score (nSPS) is 12.4. The molecule has 0 aliphatic rings. The van der Waals surface area contributed by atoms with Crippen molar-refractivity contribution in [2.24, 2.45) is 0 Å². The van der Waals surface area contributed by atoms with E-state index in [1.807, 2.05) is 13.8 Å². The highest BCUT2D eigenvalue weighted by Gasteiger charge is 2.30. The van der Waals surface area contributed by atoms with E-state index in [-0.39, 0.29) is 18.5 Å². The van der Waals surface area contributed by atoms with Crippen molar-refractivity contribution in [2.75, 3.05) is 17.1 Å². The molecular formula is C23H29Cl2N3O4S. The quantitative estimate of drug-likeness (QED) is 0.548. The number of rotatable bonds is 9. The van der Waals surface area contributed by atoms with Crippen molar-refractivity contribution < 1.29 is 18.0 Å². The molecule has 0 saturated heterocycles. The molecule has 10 heteroatoms. The minimum Gasteiger partial charge on any atom is -0.352 e. The lowest BCUT2D eigenvalue weighted by Crippen LogP contribution is -2.52. The van der Waals surface area contributed by atoms with Crippen LogP contribution in [0.3, 0.4) is 0 Å². The van der Waals surface area contributed by atoms with Gasteiger partial charge in [-0.2, -0.15) is 0 Å². The van der Waals surface area contributed by atoms with Crippen molar-refractivity contribution >= 4 is 50.7 Å². The largest absolute Gasteiger partial charge is 0.352 e. The van der Waals surface area contributed by atoms with Crippen LogP contribution in [-0.4, -0.2) is 50.0 Å². The summed E-state index contributed by atoms with van der Waals surface area (Å²) in [5.41, 5.74) is 1.77. The Kier molecular flexibility index (Phi) is 9.17. The smallest absolute Gasteiger partial charge is 0.244 e. The van der Waals surface area contributed by atoms with E-state index in [4.69, 9.17) is 23.2 Å². The molecule has 2 amide bonds. The fourth-order valence-electron chi connectivity index (χ4n) is 3.26. The topological polar surface area (TPSA) is 86.8 Å². The van der Waals surface area contributed by atoms with Gasteiger partial charge in [-0.3, -0.25) is 13.9 Å². The number of carbonyl (C=O) groups excluding carboxylic acids is 2. The van der Waals surface area contributed by atoms with Gasteiger partial charge in [0.2, 0.25) is 21.8 Å². The molecule has 0 aliphatic carbocycles. The lowest BCUT2D eigenvalue weighted by atomic mass is 10.1. The first-order valence-corrected chi connectivity index (χ1v) is 13.0. The van der Waals surface area contributed by atoms with Crippen molar-refractivity contribution in [3.05, 3.63) is 63.6 Å². The van der Waals surface area contributed by atoms with Gasteiger partial charge in [0.25, 0.3) is 0 Å². The van der Waals surface area contributed by atoms with E-state index in [0.29, 0.717) is 26.9 Å². The Hall–Kier alpha value is -2.29. The van der Waals surface area contributed by atoms with Crippen LogP contribution in [0.15, 0.2) is 42.5 Å². The Morgan fingerprint density at radius 1 is 1.03 bits per heavy atom. The lowest BCUT2D eigenvalue weighted by Gasteiger charge is -2.32. The Morgan fingerprint density at radius 2 is 1.67 bits per heavy atom. The van der Waals surface area contributed by atoms with Crippen LogP contribution in [0.25, 0.3) is 0 Å². The minimum atomic E-state index is -3.77. The van der Waals surface area contributed by atoms with E-state index in [2.05, 4.69) is 5.32 Å². The number of carbonyl (C=O) groups is 2. The lowest BCUT2D eigenvalue weighted by molar-refractivity contribution is -0.139. The van der Waals surface area contributed by atoms with Crippen LogP contribution < -0.4 is 9.62 Å². The van der Waals surface area contributed by atoms with Crippen molar-refractivity contribution in [1.29, 1.82) is 0 Å². The molecule has 2 rings (SSSR count). The van der Waals surface area contributed by atoms with Crippen LogP contribution in [0.5, 0.6) is 0 Å². The average molecular weight is 514 g/mol. The minimum absolute atomic E-state index is 0.0494. The summed E-state index contributed by atoms with van der Waals surface area (Å²) in [5, 5.41) is 3.48. The van der Waals surface area contributed by atoms with Crippen LogP contribution in [0, 0.1) is 6.92 Å². The Bertz CT molecular complexity index is 1120. The van der Waals surface area contributed by atoms with E-state index in [1.165, 1.54) is 4.90 Å². The fraction of sp³-hybridized carbons (Fsp3) is 0.391. The molecule has 0 radical (unpaired) electrons. The van der Waals surface area contributed by atoms with Gasteiger partial charge in [-0.1, -0.05) is 47.5 Å².